The number of esters is 1. The van der Waals surface area contributed by atoms with Gasteiger partial charge in [-0.25, -0.2) is 0 Å². The summed E-state index contributed by atoms with van der Waals surface area (Å²) in [5, 5.41) is 0. The van der Waals surface area contributed by atoms with E-state index in [1.165, 1.54) is 0 Å². The molecule has 0 aromatic heterocycles. The molecule has 1 aromatic rings. The van der Waals surface area contributed by atoms with Gasteiger partial charge < -0.3 is 9.64 Å². The number of rotatable bonds is 6. The van der Waals surface area contributed by atoms with Gasteiger partial charge in [0.2, 0.25) is 0 Å². The minimum absolute atomic E-state index is 0.114. The number of nitrogens with zero attached hydrogens (tertiary/aromatic N) is 1. The third kappa shape index (κ3) is 4.62. The van der Waals surface area contributed by atoms with Gasteiger partial charge in [0.05, 0.1) is 0 Å². The number of carbonyl (C=O) groups is 1. The first-order valence-corrected chi connectivity index (χ1v) is 7.44. The molecule has 0 bridgehead atoms. The third-order valence-electron chi connectivity index (χ3n) is 3.24. The normalized spacial score (nSPS) is 15.9. The number of alkyl halides is 1. The topological polar surface area (TPSA) is 29.5 Å². The van der Waals surface area contributed by atoms with E-state index in [2.05, 4.69) is 27.8 Å². The number of benzene rings is 1. The van der Waals surface area contributed by atoms with Crippen LogP contribution in [0, 0.1) is 0 Å². The smallest absolute Gasteiger partial charge is 0.320 e. The van der Waals surface area contributed by atoms with E-state index >= 15 is 0 Å². The molecule has 3 atom stereocenters. The molecular formula is C15H22BrNO2. The Morgan fingerprint density at radius 2 is 1.89 bits per heavy atom. The zero-order chi connectivity index (χ0) is 14.4. The van der Waals surface area contributed by atoms with Crippen molar-refractivity contribution in [2.45, 2.75) is 37.2 Å². The van der Waals surface area contributed by atoms with Crippen molar-refractivity contribution in [2.75, 3.05) is 14.1 Å². The zero-order valence-corrected chi connectivity index (χ0v) is 13.6. The van der Waals surface area contributed by atoms with Crippen LogP contribution in [0.2, 0.25) is 0 Å². The minimum atomic E-state index is -0.254. The maximum Gasteiger partial charge on any atom is 0.320 e. The van der Waals surface area contributed by atoms with Crippen LogP contribution in [0.1, 0.15) is 31.9 Å². The monoisotopic (exact) mass is 327 g/mol. The molecule has 0 fully saturated rings. The molecule has 1 rings (SSSR count). The van der Waals surface area contributed by atoms with Gasteiger partial charge in [0, 0.05) is 6.04 Å². The van der Waals surface area contributed by atoms with E-state index in [0.29, 0.717) is 0 Å². The Morgan fingerprint density at radius 1 is 1.32 bits per heavy atom. The van der Waals surface area contributed by atoms with Gasteiger partial charge in [-0.2, -0.15) is 0 Å². The molecule has 0 aliphatic rings. The Labute approximate surface area is 124 Å². The predicted molar refractivity (Wildman–Crippen MR) is 81.4 cm³/mol. The summed E-state index contributed by atoms with van der Waals surface area (Å²) in [6.45, 7) is 4.01. The second-order valence-electron chi connectivity index (χ2n) is 4.85. The van der Waals surface area contributed by atoms with Gasteiger partial charge in [-0.05, 0) is 33.0 Å². The number of likely N-dealkylation sites (N-methyl/N-ethyl adjacent to an activating group) is 1. The third-order valence-corrected chi connectivity index (χ3v) is 4.26. The van der Waals surface area contributed by atoms with E-state index in [0.717, 1.165) is 12.0 Å². The lowest BCUT2D eigenvalue weighted by atomic mass is 10.0. The molecule has 0 amide bonds. The highest BCUT2D eigenvalue weighted by Gasteiger charge is 2.27. The molecule has 0 radical (unpaired) electrons. The van der Waals surface area contributed by atoms with E-state index in [4.69, 9.17) is 4.74 Å². The molecule has 0 saturated heterocycles. The maximum atomic E-state index is 12.0. The quantitative estimate of drug-likeness (QED) is 0.592. The van der Waals surface area contributed by atoms with Crippen molar-refractivity contribution in [3.05, 3.63) is 35.9 Å². The minimum Gasteiger partial charge on any atom is -0.455 e. The van der Waals surface area contributed by atoms with Gasteiger partial charge in [-0.1, -0.05) is 53.2 Å². The van der Waals surface area contributed by atoms with Crippen molar-refractivity contribution in [3.8, 4) is 0 Å². The molecule has 0 saturated carbocycles. The summed E-state index contributed by atoms with van der Waals surface area (Å²) < 4.78 is 5.68. The van der Waals surface area contributed by atoms with Gasteiger partial charge in [0.1, 0.15) is 10.9 Å². The highest BCUT2D eigenvalue weighted by Crippen LogP contribution is 2.25. The van der Waals surface area contributed by atoms with Crippen LogP contribution in [-0.2, 0) is 9.53 Å². The number of ether oxygens (including phenoxy) is 1. The lowest BCUT2D eigenvalue weighted by molar-refractivity contribution is -0.151. The molecule has 0 spiro atoms. The zero-order valence-electron chi connectivity index (χ0n) is 12.0. The molecule has 1 unspecified atom stereocenters. The molecule has 1 aromatic carbocycles. The molecule has 0 aliphatic heterocycles. The molecule has 3 nitrogen and oxygen atoms in total. The van der Waals surface area contributed by atoms with Crippen molar-refractivity contribution in [1.82, 2.24) is 4.90 Å². The van der Waals surface area contributed by atoms with E-state index in [1.54, 1.807) is 0 Å². The van der Waals surface area contributed by atoms with Crippen LogP contribution in [0.3, 0.4) is 0 Å². The molecule has 19 heavy (non-hydrogen) atoms. The molecule has 0 aliphatic carbocycles. The van der Waals surface area contributed by atoms with Gasteiger partial charge >= 0.3 is 5.97 Å². The van der Waals surface area contributed by atoms with E-state index < -0.39 is 0 Å². The first kappa shape index (κ1) is 16.2. The molecule has 106 valence electrons. The first-order chi connectivity index (χ1) is 8.97. The molecular weight excluding hydrogens is 306 g/mol. The van der Waals surface area contributed by atoms with Crippen LogP contribution in [-0.4, -0.2) is 35.8 Å². The Morgan fingerprint density at radius 3 is 2.37 bits per heavy atom. The summed E-state index contributed by atoms with van der Waals surface area (Å²) in [5.41, 5.74) is 1.02. The average Bonchev–Trinajstić information content (AvgIpc) is 2.43. The Balaban J connectivity index is 2.91. The van der Waals surface area contributed by atoms with E-state index in [1.807, 2.05) is 51.4 Å². The Kier molecular flexibility index (Phi) is 6.52. The van der Waals surface area contributed by atoms with Crippen molar-refractivity contribution in [1.29, 1.82) is 0 Å². The summed E-state index contributed by atoms with van der Waals surface area (Å²) in [7, 11) is 3.97. The average molecular weight is 328 g/mol. The SMILES string of the molecule is CCC(Br)C(=O)O[C@@H](c1ccccc1)[C@H](C)N(C)C. The lowest BCUT2D eigenvalue weighted by Gasteiger charge is -2.30. The molecule has 0 N–H and O–H groups in total. The summed E-state index contributed by atoms with van der Waals surface area (Å²) in [4.78, 5) is 13.8. The largest absolute Gasteiger partial charge is 0.455 e. The second kappa shape index (κ2) is 7.65. The van der Waals surface area contributed by atoms with Crippen molar-refractivity contribution < 1.29 is 9.53 Å². The molecule has 4 heteroatoms. The van der Waals surface area contributed by atoms with E-state index in [-0.39, 0.29) is 22.9 Å². The van der Waals surface area contributed by atoms with E-state index in [9.17, 15) is 4.79 Å². The van der Waals surface area contributed by atoms with Crippen LogP contribution < -0.4 is 0 Å². The fraction of sp³-hybridized carbons (Fsp3) is 0.533. The number of hydrogen-bond acceptors (Lipinski definition) is 3. The molecule has 0 heterocycles. The van der Waals surface area contributed by atoms with Gasteiger partial charge in [-0.3, -0.25) is 4.79 Å². The summed E-state index contributed by atoms with van der Waals surface area (Å²) in [5.74, 6) is -0.204. The van der Waals surface area contributed by atoms with Crippen LogP contribution in [0.4, 0.5) is 0 Å². The van der Waals surface area contributed by atoms with Gasteiger partial charge in [0.25, 0.3) is 0 Å². The maximum absolute atomic E-state index is 12.0. The highest BCUT2D eigenvalue weighted by atomic mass is 79.9. The number of hydrogen-bond donors (Lipinski definition) is 0. The predicted octanol–water partition coefficient (Wildman–Crippen LogP) is 3.39. The number of carbonyl (C=O) groups excluding carboxylic acids is 1. The van der Waals surface area contributed by atoms with Crippen LogP contribution >= 0.6 is 15.9 Å². The van der Waals surface area contributed by atoms with Crippen molar-refractivity contribution in [2.24, 2.45) is 0 Å². The standard InChI is InChI=1S/C15H22BrNO2/c1-5-13(16)15(18)19-14(11(2)17(3)4)12-9-7-6-8-10-12/h6-11,13-14H,5H2,1-4H3/t11-,13?,14+/m0/s1. The van der Waals surface area contributed by atoms with Gasteiger partial charge in [0.15, 0.2) is 0 Å². The second-order valence-corrected chi connectivity index (χ2v) is 5.95. The number of halogens is 1. The van der Waals surface area contributed by atoms with Crippen LogP contribution in [0.15, 0.2) is 30.3 Å². The van der Waals surface area contributed by atoms with Crippen molar-refractivity contribution in [3.63, 3.8) is 0 Å². The van der Waals surface area contributed by atoms with Crippen LogP contribution in [0.5, 0.6) is 0 Å². The summed E-state index contributed by atoms with van der Waals surface area (Å²) in [6.07, 6.45) is 0.465. The van der Waals surface area contributed by atoms with Crippen LogP contribution in [0.25, 0.3) is 0 Å². The fourth-order valence-electron chi connectivity index (χ4n) is 1.72. The Hall–Kier alpha value is -0.870. The highest BCUT2D eigenvalue weighted by molar-refractivity contribution is 9.10. The summed E-state index contributed by atoms with van der Waals surface area (Å²) in [6, 6.07) is 9.99. The Bertz CT molecular complexity index is 394. The lowest BCUT2D eigenvalue weighted by Crippen LogP contribution is -2.35. The van der Waals surface area contributed by atoms with Gasteiger partial charge in [-0.15, -0.1) is 0 Å². The van der Waals surface area contributed by atoms with Crippen molar-refractivity contribution >= 4 is 21.9 Å². The summed E-state index contributed by atoms with van der Waals surface area (Å²) >= 11 is 3.34. The first-order valence-electron chi connectivity index (χ1n) is 6.53. The fourth-order valence-corrected chi connectivity index (χ4v) is 1.83.